The molecule has 0 rings (SSSR count). The predicted molar refractivity (Wildman–Crippen MR) is 89.7 cm³/mol. The normalized spacial score (nSPS) is 14.5. The molecular formula is C19H40. The summed E-state index contributed by atoms with van der Waals surface area (Å²) in [5.74, 6) is 1.93. The van der Waals surface area contributed by atoms with Crippen LogP contribution in [-0.2, 0) is 0 Å². The zero-order chi connectivity index (χ0) is 14.3. The van der Waals surface area contributed by atoms with Gasteiger partial charge in [-0.3, -0.25) is 0 Å². The Hall–Kier alpha value is 0. The minimum absolute atomic E-state index is 0.961. The maximum atomic E-state index is 2.45. The third kappa shape index (κ3) is 14.2. The Kier molecular flexibility index (Phi) is 14.4. The Balaban J connectivity index is 3.20. The van der Waals surface area contributed by atoms with E-state index in [-0.39, 0.29) is 0 Å². The molecule has 0 aliphatic heterocycles. The van der Waals surface area contributed by atoms with E-state index in [0.717, 1.165) is 11.8 Å². The summed E-state index contributed by atoms with van der Waals surface area (Å²) in [5.41, 5.74) is 0. The standard InChI is InChI=1S/C19H40/c1-5-7-8-11-16-19(4)17-13-10-9-12-15-18(3)14-6-2/h18-19H,5-17H2,1-4H3. The molecule has 0 N–H and O–H groups in total. The van der Waals surface area contributed by atoms with Crippen molar-refractivity contribution in [1.29, 1.82) is 0 Å². The molecule has 0 aromatic heterocycles. The van der Waals surface area contributed by atoms with Crippen molar-refractivity contribution in [3.05, 3.63) is 0 Å². The third-order valence-corrected chi connectivity index (χ3v) is 4.48. The van der Waals surface area contributed by atoms with Gasteiger partial charge in [0.05, 0.1) is 0 Å². The Morgan fingerprint density at radius 1 is 0.474 bits per heavy atom. The molecule has 0 heteroatoms. The summed E-state index contributed by atoms with van der Waals surface area (Å²) in [6, 6.07) is 0. The zero-order valence-corrected chi connectivity index (χ0v) is 14.3. The van der Waals surface area contributed by atoms with Crippen molar-refractivity contribution in [3.8, 4) is 0 Å². The fourth-order valence-electron chi connectivity index (χ4n) is 3.04. The van der Waals surface area contributed by atoms with Gasteiger partial charge in [-0.25, -0.2) is 0 Å². The highest BCUT2D eigenvalue weighted by Crippen LogP contribution is 2.19. The van der Waals surface area contributed by atoms with Crippen molar-refractivity contribution in [1.82, 2.24) is 0 Å². The Bertz CT molecular complexity index is 161. The molecule has 2 atom stereocenters. The second-order valence-corrected chi connectivity index (χ2v) is 6.84. The van der Waals surface area contributed by atoms with Crippen molar-refractivity contribution in [3.63, 3.8) is 0 Å². The largest absolute Gasteiger partial charge is 0.0654 e. The van der Waals surface area contributed by atoms with Gasteiger partial charge in [-0.1, -0.05) is 111 Å². The molecule has 0 bridgehead atoms. The highest BCUT2D eigenvalue weighted by atomic mass is 14.1. The summed E-state index contributed by atoms with van der Waals surface area (Å²) in [6.07, 6.45) is 18.8. The van der Waals surface area contributed by atoms with E-state index in [1.807, 2.05) is 0 Å². The van der Waals surface area contributed by atoms with Crippen LogP contribution in [0.5, 0.6) is 0 Å². The Morgan fingerprint density at radius 3 is 1.32 bits per heavy atom. The fraction of sp³-hybridized carbons (Fsp3) is 1.00. The van der Waals surface area contributed by atoms with Crippen LogP contribution in [0.25, 0.3) is 0 Å². The van der Waals surface area contributed by atoms with Gasteiger partial charge in [-0.2, -0.15) is 0 Å². The first kappa shape index (κ1) is 19.0. The van der Waals surface area contributed by atoms with Crippen LogP contribution in [0.2, 0.25) is 0 Å². The summed E-state index contributed by atoms with van der Waals surface area (Å²) in [4.78, 5) is 0. The monoisotopic (exact) mass is 268 g/mol. The van der Waals surface area contributed by atoms with Gasteiger partial charge in [0.1, 0.15) is 0 Å². The number of rotatable bonds is 14. The number of unbranched alkanes of at least 4 members (excludes halogenated alkanes) is 6. The lowest BCUT2D eigenvalue weighted by molar-refractivity contribution is 0.420. The van der Waals surface area contributed by atoms with Gasteiger partial charge in [-0.15, -0.1) is 0 Å². The Labute approximate surface area is 123 Å². The smallest absolute Gasteiger partial charge is 0.0443 e. The summed E-state index contributed by atoms with van der Waals surface area (Å²) >= 11 is 0. The van der Waals surface area contributed by atoms with Crippen LogP contribution in [0.4, 0.5) is 0 Å². The second kappa shape index (κ2) is 14.4. The van der Waals surface area contributed by atoms with Crippen LogP contribution in [0, 0.1) is 11.8 Å². The number of hydrogen-bond acceptors (Lipinski definition) is 0. The van der Waals surface area contributed by atoms with Crippen LogP contribution in [-0.4, -0.2) is 0 Å². The maximum absolute atomic E-state index is 2.45. The summed E-state index contributed by atoms with van der Waals surface area (Å²) < 4.78 is 0. The molecule has 0 aliphatic rings. The van der Waals surface area contributed by atoms with Crippen LogP contribution < -0.4 is 0 Å². The van der Waals surface area contributed by atoms with E-state index in [0.29, 0.717) is 0 Å². The van der Waals surface area contributed by atoms with Gasteiger partial charge in [0.15, 0.2) is 0 Å². The molecule has 0 radical (unpaired) electrons. The van der Waals surface area contributed by atoms with E-state index in [1.54, 1.807) is 0 Å². The molecule has 0 aliphatic carbocycles. The minimum Gasteiger partial charge on any atom is -0.0654 e. The quantitative estimate of drug-likeness (QED) is 0.288. The molecule has 0 aromatic rings. The molecule has 116 valence electrons. The first-order chi connectivity index (χ1) is 9.20. The highest BCUT2D eigenvalue weighted by molar-refractivity contribution is 4.56. The van der Waals surface area contributed by atoms with Gasteiger partial charge >= 0.3 is 0 Å². The van der Waals surface area contributed by atoms with Crippen molar-refractivity contribution in [2.75, 3.05) is 0 Å². The summed E-state index contributed by atoms with van der Waals surface area (Å²) in [5, 5.41) is 0. The van der Waals surface area contributed by atoms with Crippen LogP contribution in [0.15, 0.2) is 0 Å². The molecule has 0 aromatic carbocycles. The van der Waals surface area contributed by atoms with Gasteiger partial charge in [0.2, 0.25) is 0 Å². The molecule has 0 nitrogen and oxygen atoms in total. The van der Waals surface area contributed by atoms with Crippen molar-refractivity contribution in [2.45, 2.75) is 111 Å². The molecule has 0 saturated heterocycles. The molecule has 0 amide bonds. The molecular weight excluding hydrogens is 228 g/mol. The van der Waals surface area contributed by atoms with E-state index in [9.17, 15) is 0 Å². The molecule has 19 heavy (non-hydrogen) atoms. The van der Waals surface area contributed by atoms with Crippen molar-refractivity contribution in [2.24, 2.45) is 11.8 Å². The Morgan fingerprint density at radius 2 is 0.895 bits per heavy atom. The molecule has 2 unspecified atom stereocenters. The number of hydrogen-bond donors (Lipinski definition) is 0. The minimum atomic E-state index is 0.961. The summed E-state index contributed by atoms with van der Waals surface area (Å²) in [6.45, 7) is 9.47. The van der Waals surface area contributed by atoms with Gasteiger partial charge in [0.25, 0.3) is 0 Å². The van der Waals surface area contributed by atoms with Crippen LogP contribution in [0.3, 0.4) is 0 Å². The van der Waals surface area contributed by atoms with Gasteiger partial charge in [0, 0.05) is 0 Å². The van der Waals surface area contributed by atoms with E-state index >= 15 is 0 Å². The van der Waals surface area contributed by atoms with E-state index in [2.05, 4.69) is 27.7 Å². The molecule has 0 saturated carbocycles. The first-order valence-electron chi connectivity index (χ1n) is 9.20. The maximum Gasteiger partial charge on any atom is -0.0443 e. The van der Waals surface area contributed by atoms with Crippen LogP contribution >= 0.6 is 0 Å². The summed E-state index contributed by atoms with van der Waals surface area (Å²) in [7, 11) is 0. The zero-order valence-electron chi connectivity index (χ0n) is 14.3. The highest BCUT2D eigenvalue weighted by Gasteiger charge is 2.03. The molecule has 0 spiro atoms. The van der Waals surface area contributed by atoms with E-state index in [4.69, 9.17) is 0 Å². The van der Waals surface area contributed by atoms with Crippen molar-refractivity contribution < 1.29 is 0 Å². The van der Waals surface area contributed by atoms with E-state index in [1.165, 1.54) is 83.5 Å². The fourth-order valence-corrected chi connectivity index (χ4v) is 3.04. The topological polar surface area (TPSA) is 0 Å². The van der Waals surface area contributed by atoms with Crippen molar-refractivity contribution >= 4 is 0 Å². The van der Waals surface area contributed by atoms with Gasteiger partial charge in [-0.05, 0) is 11.8 Å². The van der Waals surface area contributed by atoms with Crippen LogP contribution in [0.1, 0.15) is 111 Å². The first-order valence-corrected chi connectivity index (χ1v) is 9.20. The second-order valence-electron chi connectivity index (χ2n) is 6.84. The lowest BCUT2D eigenvalue weighted by atomic mass is 9.95. The predicted octanol–water partition coefficient (Wildman–Crippen LogP) is 7.37. The van der Waals surface area contributed by atoms with E-state index < -0.39 is 0 Å². The lowest BCUT2D eigenvalue weighted by Gasteiger charge is -2.12. The average Bonchev–Trinajstić information content (AvgIpc) is 2.39. The van der Waals surface area contributed by atoms with Gasteiger partial charge < -0.3 is 0 Å². The third-order valence-electron chi connectivity index (χ3n) is 4.48. The molecule has 0 fully saturated rings. The SMILES string of the molecule is CCCCCCC(C)CCCCCCC(C)CCC. The lowest BCUT2D eigenvalue weighted by Crippen LogP contribution is -1.96. The average molecular weight is 269 g/mol. The molecule has 0 heterocycles.